The summed E-state index contributed by atoms with van der Waals surface area (Å²) < 4.78 is 11.1. The summed E-state index contributed by atoms with van der Waals surface area (Å²) in [6.45, 7) is 6.48. The van der Waals surface area contributed by atoms with Crippen LogP contribution in [0, 0.1) is 0 Å². The van der Waals surface area contributed by atoms with Gasteiger partial charge in [0.1, 0.15) is 0 Å². The summed E-state index contributed by atoms with van der Waals surface area (Å²) in [6, 6.07) is 10.2. The van der Waals surface area contributed by atoms with E-state index in [1.807, 2.05) is 24.3 Å². The molecule has 1 saturated heterocycles. The van der Waals surface area contributed by atoms with Gasteiger partial charge in [-0.25, -0.2) is 0 Å². The molecule has 5 nitrogen and oxygen atoms in total. The Hall–Kier alpha value is -2.31. The minimum Gasteiger partial charge on any atom is -0.493 e. The first-order chi connectivity index (χ1) is 13.7. The Bertz CT molecular complexity index is 770. The first-order valence-electron chi connectivity index (χ1n) is 9.66. The highest BCUT2D eigenvalue weighted by Gasteiger charge is 2.24. The second-order valence-corrected chi connectivity index (χ2v) is 7.82. The Morgan fingerprint density at radius 1 is 1.32 bits per heavy atom. The average Bonchev–Trinajstić information content (AvgIpc) is 3.42. The van der Waals surface area contributed by atoms with Gasteiger partial charge in [-0.1, -0.05) is 18.2 Å². The molecule has 1 atom stereocenters. The van der Waals surface area contributed by atoms with Crippen molar-refractivity contribution in [3.63, 3.8) is 0 Å². The number of carbonyl (C=O) groups is 1. The third kappa shape index (κ3) is 5.36. The van der Waals surface area contributed by atoms with E-state index in [-0.39, 0.29) is 18.6 Å². The fraction of sp³-hybridized carbons (Fsp3) is 0.409. The van der Waals surface area contributed by atoms with Gasteiger partial charge in [-0.15, -0.1) is 17.9 Å². The molecule has 1 aromatic heterocycles. The summed E-state index contributed by atoms with van der Waals surface area (Å²) in [5, 5.41) is 5.12. The molecule has 1 aromatic carbocycles. The fourth-order valence-corrected chi connectivity index (χ4v) is 4.33. The van der Waals surface area contributed by atoms with E-state index in [9.17, 15) is 4.79 Å². The van der Waals surface area contributed by atoms with Crippen LogP contribution in [-0.4, -0.2) is 44.2 Å². The first kappa shape index (κ1) is 20.4. The van der Waals surface area contributed by atoms with Crippen molar-refractivity contribution in [3.8, 4) is 11.5 Å². The molecular weight excluding hydrogens is 372 g/mol. The van der Waals surface area contributed by atoms with Gasteiger partial charge in [-0.2, -0.15) is 0 Å². The number of rotatable bonds is 10. The average molecular weight is 401 g/mol. The van der Waals surface area contributed by atoms with Crippen molar-refractivity contribution in [2.45, 2.75) is 25.3 Å². The van der Waals surface area contributed by atoms with Crippen molar-refractivity contribution in [2.24, 2.45) is 0 Å². The molecule has 0 saturated carbocycles. The molecule has 1 fully saturated rings. The molecule has 1 N–H and O–H groups in total. The number of allylic oxidation sites excluding steroid dienone is 1. The lowest BCUT2D eigenvalue weighted by Crippen LogP contribution is -2.38. The molecule has 2 heterocycles. The molecule has 6 heteroatoms. The maximum absolute atomic E-state index is 12.4. The van der Waals surface area contributed by atoms with Crippen LogP contribution >= 0.6 is 11.3 Å². The monoisotopic (exact) mass is 400 g/mol. The van der Waals surface area contributed by atoms with Crippen LogP contribution < -0.4 is 14.8 Å². The molecule has 1 amide bonds. The lowest BCUT2D eigenvalue weighted by molar-refractivity contribution is -0.123. The number of likely N-dealkylation sites (tertiary alicyclic amines) is 1. The number of hydrogen-bond acceptors (Lipinski definition) is 5. The number of nitrogens with zero attached hydrogens (tertiary/aromatic N) is 1. The van der Waals surface area contributed by atoms with Crippen LogP contribution in [-0.2, 0) is 11.2 Å². The van der Waals surface area contributed by atoms with Crippen LogP contribution in [0.2, 0.25) is 0 Å². The maximum atomic E-state index is 12.4. The van der Waals surface area contributed by atoms with Gasteiger partial charge in [0.25, 0.3) is 5.91 Å². The SMILES string of the molecule is C=CCc1ccc(OCC(=O)NCC(c2cccs2)N2CCCC2)c(OC)c1. The zero-order valence-corrected chi connectivity index (χ0v) is 17.2. The maximum Gasteiger partial charge on any atom is 0.258 e. The molecule has 0 radical (unpaired) electrons. The predicted octanol–water partition coefficient (Wildman–Crippen LogP) is 3.82. The Morgan fingerprint density at radius 3 is 2.82 bits per heavy atom. The highest BCUT2D eigenvalue weighted by Crippen LogP contribution is 2.29. The number of nitrogens with one attached hydrogen (secondary N) is 1. The number of methoxy groups -OCH3 is 1. The van der Waals surface area contributed by atoms with Gasteiger partial charge in [0.05, 0.1) is 13.2 Å². The number of ether oxygens (including phenoxy) is 2. The van der Waals surface area contributed by atoms with Crippen LogP contribution in [0.25, 0.3) is 0 Å². The summed E-state index contributed by atoms with van der Waals surface area (Å²) in [5.41, 5.74) is 1.09. The topological polar surface area (TPSA) is 50.8 Å². The molecule has 0 aliphatic carbocycles. The standard InChI is InChI=1S/C22H28N2O3S/c1-3-7-17-9-10-19(20(14-17)26-2)27-16-22(25)23-15-18(21-8-6-13-28-21)24-11-4-5-12-24/h3,6,8-10,13-14,18H,1,4-5,7,11-12,15-16H2,2H3,(H,23,25). The van der Waals surface area contributed by atoms with Crippen LogP contribution in [0.5, 0.6) is 11.5 Å². The van der Waals surface area contributed by atoms with Crippen LogP contribution in [0.15, 0.2) is 48.4 Å². The molecule has 3 rings (SSSR count). The third-order valence-corrected chi connectivity index (χ3v) is 5.89. The summed E-state index contributed by atoms with van der Waals surface area (Å²) in [7, 11) is 1.60. The Kier molecular flexibility index (Phi) is 7.51. The van der Waals surface area contributed by atoms with E-state index < -0.39 is 0 Å². The van der Waals surface area contributed by atoms with Crippen LogP contribution in [0.3, 0.4) is 0 Å². The van der Waals surface area contributed by atoms with Crippen molar-refractivity contribution in [3.05, 3.63) is 58.8 Å². The zero-order valence-electron chi connectivity index (χ0n) is 16.4. The quantitative estimate of drug-likeness (QED) is 0.616. The van der Waals surface area contributed by atoms with E-state index in [1.54, 1.807) is 18.4 Å². The normalized spacial score (nSPS) is 15.2. The molecular formula is C22H28N2O3S. The minimum atomic E-state index is -0.127. The molecule has 0 spiro atoms. The number of thiophene rings is 1. The van der Waals surface area contributed by atoms with Crippen molar-refractivity contribution in [2.75, 3.05) is 33.4 Å². The summed E-state index contributed by atoms with van der Waals surface area (Å²) >= 11 is 1.74. The van der Waals surface area contributed by atoms with Crippen LogP contribution in [0.1, 0.15) is 29.3 Å². The zero-order chi connectivity index (χ0) is 19.8. The summed E-state index contributed by atoms with van der Waals surface area (Å²) in [5.74, 6) is 1.07. The van der Waals surface area contributed by atoms with Gasteiger partial charge in [0, 0.05) is 11.4 Å². The lowest BCUT2D eigenvalue weighted by Gasteiger charge is -2.26. The smallest absolute Gasteiger partial charge is 0.258 e. The second kappa shape index (κ2) is 10.3. The van der Waals surface area contributed by atoms with E-state index in [4.69, 9.17) is 9.47 Å². The number of hydrogen-bond donors (Lipinski definition) is 1. The Balaban J connectivity index is 1.54. The molecule has 1 unspecified atom stereocenters. The van der Waals surface area contributed by atoms with Crippen molar-refractivity contribution in [1.82, 2.24) is 10.2 Å². The highest BCUT2D eigenvalue weighted by molar-refractivity contribution is 7.10. The van der Waals surface area contributed by atoms with Crippen molar-refractivity contribution >= 4 is 17.2 Å². The van der Waals surface area contributed by atoms with Gasteiger partial charge in [-0.3, -0.25) is 9.69 Å². The van der Waals surface area contributed by atoms with E-state index >= 15 is 0 Å². The summed E-state index contributed by atoms with van der Waals surface area (Å²) in [6.07, 6.45) is 5.05. The fourth-order valence-electron chi connectivity index (χ4n) is 3.47. The number of carbonyl (C=O) groups excluding carboxylic acids is 1. The lowest BCUT2D eigenvalue weighted by atomic mass is 10.1. The van der Waals surface area contributed by atoms with Gasteiger partial charge in [-0.05, 0) is 61.5 Å². The van der Waals surface area contributed by atoms with E-state index in [2.05, 4.69) is 34.3 Å². The van der Waals surface area contributed by atoms with E-state index in [0.29, 0.717) is 18.0 Å². The second-order valence-electron chi connectivity index (χ2n) is 6.85. The molecule has 1 aliphatic rings. The predicted molar refractivity (Wildman–Crippen MR) is 113 cm³/mol. The van der Waals surface area contributed by atoms with Crippen molar-refractivity contribution in [1.29, 1.82) is 0 Å². The molecule has 28 heavy (non-hydrogen) atoms. The highest BCUT2D eigenvalue weighted by atomic mass is 32.1. The number of benzene rings is 1. The molecule has 2 aromatic rings. The molecule has 1 aliphatic heterocycles. The van der Waals surface area contributed by atoms with Gasteiger partial charge < -0.3 is 14.8 Å². The first-order valence-corrected chi connectivity index (χ1v) is 10.5. The Labute approximate surface area is 171 Å². The minimum absolute atomic E-state index is 0.0334. The molecule has 0 bridgehead atoms. The van der Waals surface area contributed by atoms with Crippen LogP contribution in [0.4, 0.5) is 0 Å². The van der Waals surface area contributed by atoms with E-state index in [1.165, 1.54) is 17.7 Å². The van der Waals surface area contributed by atoms with Crippen molar-refractivity contribution < 1.29 is 14.3 Å². The number of amides is 1. The third-order valence-electron chi connectivity index (χ3n) is 4.91. The molecule has 150 valence electrons. The summed E-state index contributed by atoms with van der Waals surface area (Å²) in [4.78, 5) is 16.1. The Morgan fingerprint density at radius 2 is 2.14 bits per heavy atom. The van der Waals surface area contributed by atoms with E-state index in [0.717, 1.165) is 25.1 Å². The van der Waals surface area contributed by atoms with Gasteiger partial charge in [0.15, 0.2) is 18.1 Å². The van der Waals surface area contributed by atoms with Gasteiger partial charge >= 0.3 is 0 Å². The van der Waals surface area contributed by atoms with Gasteiger partial charge in [0.2, 0.25) is 0 Å². The largest absolute Gasteiger partial charge is 0.493 e.